The van der Waals surface area contributed by atoms with E-state index in [2.05, 4.69) is 21.7 Å². The van der Waals surface area contributed by atoms with Gasteiger partial charge in [0, 0.05) is 50.4 Å². The molecule has 1 atom stereocenters. The molecule has 1 fully saturated rings. The molecule has 0 spiro atoms. The van der Waals surface area contributed by atoms with Gasteiger partial charge in [-0.1, -0.05) is 6.07 Å². The van der Waals surface area contributed by atoms with E-state index in [1.807, 2.05) is 28.8 Å². The highest BCUT2D eigenvalue weighted by Gasteiger charge is 2.29. The molecule has 0 saturated carbocycles. The molecule has 3 rings (SSSR count). The maximum Gasteiger partial charge on any atom is 0.223 e. The average molecular weight is 304 g/mol. The molecule has 1 amide bonds. The van der Waals surface area contributed by atoms with Crippen LogP contribution in [0.4, 0.5) is 0 Å². The summed E-state index contributed by atoms with van der Waals surface area (Å²) in [6, 6.07) is 4.16. The lowest BCUT2D eigenvalue weighted by Crippen LogP contribution is -2.49. The Hall–Kier alpha value is -1.66. The van der Waals surface area contributed by atoms with Crippen LogP contribution in [0.3, 0.4) is 0 Å². The Labute approximate surface area is 128 Å². The smallest absolute Gasteiger partial charge is 0.223 e. The number of hydrogen-bond donors (Lipinski definition) is 1. The van der Waals surface area contributed by atoms with Crippen LogP contribution in [-0.4, -0.2) is 40.0 Å². The first-order chi connectivity index (χ1) is 10.3. The summed E-state index contributed by atoms with van der Waals surface area (Å²) in [7, 11) is 1.98. The molecule has 0 aromatic carbocycles. The number of aromatic nitrogens is 2. The maximum atomic E-state index is 12.6. The molecular formula is C15H20N4OS. The molecule has 1 saturated heterocycles. The minimum absolute atomic E-state index is 0.0367. The second kappa shape index (κ2) is 6.41. The van der Waals surface area contributed by atoms with Crippen molar-refractivity contribution in [2.24, 2.45) is 7.05 Å². The van der Waals surface area contributed by atoms with Gasteiger partial charge >= 0.3 is 0 Å². The molecule has 0 radical (unpaired) electrons. The average Bonchev–Trinajstić information content (AvgIpc) is 3.16. The molecule has 5 nitrogen and oxygen atoms in total. The van der Waals surface area contributed by atoms with E-state index in [4.69, 9.17) is 0 Å². The van der Waals surface area contributed by atoms with Crippen LogP contribution in [0.1, 0.15) is 23.2 Å². The molecule has 2 aromatic rings. The number of carbonyl (C=O) groups is 1. The highest BCUT2D eigenvalue weighted by atomic mass is 32.1. The van der Waals surface area contributed by atoms with Crippen molar-refractivity contribution in [3.63, 3.8) is 0 Å². The monoisotopic (exact) mass is 304 g/mol. The topological polar surface area (TPSA) is 50.2 Å². The second-order valence-corrected chi connectivity index (χ2v) is 6.32. The van der Waals surface area contributed by atoms with E-state index in [9.17, 15) is 4.79 Å². The van der Waals surface area contributed by atoms with E-state index in [1.165, 1.54) is 4.88 Å². The van der Waals surface area contributed by atoms with E-state index in [-0.39, 0.29) is 11.9 Å². The van der Waals surface area contributed by atoms with Gasteiger partial charge in [-0.2, -0.15) is 0 Å². The van der Waals surface area contributed by atoms with E-state index in [1.54, 1.807) is 17.5 Å². The largest absolute Gasteiger partial charge is 0.336 e. The van der Waals surface area contributed by atoms with Crippen LogP contribution in [0.5, 0.6) is 0 Å². The van der Waals surface area contributed by atoms with Crippen LogP contribution in [0.2, 0.25) is 0 Å². The lowest BCUT2D eigenvalue weighted by atomic mass is 10.1. The predicted octanol–water partition coefficient (Wildman–Crippen LogP) is 1.59. The zero-order valence-corrected chi connectivity index (χ0v) is 13.0. The van der Waals surface area contributed by atoms with Crippen LogP contribution in [0, 0.1) is 0 Å². The van der Waals surface area contributed by atoms with Crippen molar-refractivity contribution in [2.45, 2.75) is 18.9 Å². The predicted molar refractivity (Wildman–Crippen MR) is 83.2 cm³/mol. The van der Waals surface area contributed by atoms with Gasteiger partial charge in [0.15, 0.2) is 0 Å². The summed E-state index contributed by atoms with van der Waals surface area (Å²) in [6.07, 6.45) is 5.12. The third-order valence-electron chi connectivity index (χ3n) is 3.89. The molecular weight excluding hydrogens is 284 g/mol. The SMILES string of the molecule is Cn1ccnc1C1CNCCN1C(=O)CCc1cccs1. The summed E-state index contributed by atoms with van der Waals surface area (Å²) >= 11 is 1.71. The number of aryl methyl sites for hydroxylation is 2. The summed E-state index contributed by atoms with van der Waals surface area (Å²) in [5.74, 6) is 1.17. The number of carbonyl (C=O) groups excluding carboxylic acids is 1. The van der Waals surface area contributed by atoms with E-state index < -0.39 is 0 Å². The fourth-order valence-corrected chi connectivity index (χ4v) is 3.47. The molecule has 21 heavy (non-hydrogen) atoms. The van der Waals surface area contributed by atoms with E-state index in [0.29, 0.717) is 6.42 Å². The molecule has 2 aromatic heterocycles. The van der Waals surface area contributed by atoms with Gasteiger partial charge < -0.3 is 14.8 Å². The van der Waals surface area contributed by atoms with Gasteiger partial charge in [0.05, 0.1) is 0 Å². The fourth-order valence-electron chi connectivity index (χ4n) is 2.76. The van der Waals surface area contributed by atoms with Crippen molar-refractivity contribution in [1.82, 2.24) is 19.8 Å². The first-order valence-corrected chi connectivity index (χ1v) is 8.13. The number of nitrogens with zero attached hydrogens (tertiary/aromatic N) is 3. The summed E-state index contributed by atoms with van der Waals surface area (Å²) in [4.78, 5) is 20.2. The van der Waals surface area contributed by atoms with Gasteiger partial charge in [0.2, 0.25) is 5.91 Å². The number of piperazine rings is 1. The Morgan fingerprint density at radius 2 is 2.48 bits per heavy atom. The molecule has 3 heterocycles. The third-order valence-corrected chi connectivity index (χ3v) is 4.82. The Balaban J connectivity index is 1.69. The molecule has 112 valence electrons. The van der Waals surface area contributed by atoms with Gasteiger partial charge in [-0.3, -0.25) is 4.79 Å². The number of amides is 1. The minimum atomic E-state index is 0.0367. The Morgan fingerprint density at radius 3 is 3.19 bits per heavy atom. The lowest BCUT2D eigenvalue weighted by molar-refractivity contribution is -0.134. The van der Waals surface area contributed by atoms with Crippen molar-refractivity contribution in [2.75, 3.05) is 19.6 Å². The summed E-state index contributed by atoms with van der Waals surface area (Å²) in [5, 5.41) is 5.42. The Morgan fingerprint density at radius 1 is 1.57 bits per heavy atom. The zero-order valence-electron chi connectivity index (χ0n) is 12.2. The molecule has 0 aliphatic carbocycles. The molecule has 6 heteroatoms. The van der Waals surface area contributed by atoms with Crippen LogP contribution >= 0.6 is 11.3 Å². The van der Waals surface area contributed by atoms with Crippen molar-refractivity contribution >= 4 is 17.2 Å². The summed E-state index contributed by atoms with van der Waals surface area (Å²) in [6.45, 7) is 2.38. The summed E-state index contributed by atoms with van der Waals surface area (Å²) in [5.41, 5.74) is 0. The van der Waals surface area contributed by atoms with Crippen molar-refractivity contribution in [1.29, 1.82) is 0 Å². The quantitative estimate of drug-likeness (QED) is 0.933. The normalized spacial score (nSPS) is 18.9. The Bertz CT molecular complexity index is 593. The van der Waals surface area contributed by atoms with Gasteiger partial charge in [-0.05, 0) is 17.9 Å². The standard InChI is InChI=1S/C15H20N4OS/c1-18-8-7-17-15(18)13-11-16-6-9-19(13)14(20)5-4-12-3-2-10-21-12/h2-3,7-8,10,13,16H,4-6,9,11H2,1H3. The Kier molecular flexibility index (Phi) is 4.36. The van der Waals surface area contributed by atoms with Gasteiger partial charge in [0.1, 0.15) is 11.9 Å². The third kappa shape index (κ3) is 3.16. The van der Waals surface area contributed by atoms with Crippen LogP contribution < -0.4 is 5.32 Å². The maximum absolute atomic E-state index is 12.6. The van der Waals surface area contributed by atoms with Crippen molar-refractivity contribution < 1.29 is 4.79 Å². The molecule has 0 bridgehead atoms. The minimum Gasteiger partial charge on any atom is -0.336 e. The van der Waals surface area contributed by atoms with Gasteiger partial charge in [-0.25, -0.2) is 4.98 Å². The highest BCUT2D eigenvalue weighted by molar-refractivity contribution is 7.09. The lowest BCUT2D eigenvalue weighted by Gasteiger charge is -2.35. The first kappa shape index (κ1) is 14.3. The van der Waals surface area contributed by atoms with Crippen LogP contribution in [0.25, 0.3) is 0 Å². The second-order valence-electron chi connectivity index (χ2n) is 5.28. The van der Waals surface area contributed by atoms with Gasteiger partial charge in [0.25, 0.3) is 0 Å². The van der Waals surface area contributed by atoms with Crippen LogP contribution in [0.15, 0.2) is 29.9 Å². The number of nitrogens with one attached hydrogen (secondary N) is 1. The van der Waals surface area contributed by atoms with Crippen molar-refractivity contribution in [3.05, 3.63) is 40.6 Å². The molecule has 1 aliphatic rings. The molecule has 1 N–H and O–H groups in total. The van der Waals surface area contributed by atoms with Crippen molar-refractivity contribution in [3.8, 4) is 0 Å². The highest BCUT2D eigenvalue weighted by Crippen LogP contribution is 2.22. The number of imidazole rings is 1. The van der Waals surface area contributed by atoms with Crippen LogP contribution in [-0.2, 0) is 18.3 Å². The fraction of sp³-hybridized carbons (Fsp3) is 0.467. The molecule has 1 unspecified atom stereocenters. The summed E-state index contributed by atoms with van der Waals surface area (Å²) < 4.78 is 2.00. The number of hydrogen-bond acceptors (Lipinski definition) is 4. The van der Waals surface area contributed by atoms with E-state index in [0.717, 1.165) is 31.9 Å². The molecule has 1 aliphatic heterocycles. The first-order valence-electron chi connectivity index (χ1n) is 7.25. The number of thiophene rings is 1. The van der Waals surface area contributed by atoms with E-state index >= 15 is 0 Å². The zero-order chi connectivity index (χ0) is 14.7. The van der Waals surface area contributed by atoms with Gasteiger partial charge in [-0.15, -0.1) is 11.3 Å². The number of rotatable bonds is 4.